The Morgan fingerprint density at radius 3 is 1.94 bits per heavy atom. The van der Waals surface area contributed by atoms with Crippen LogP contribution in [0, 0.1) is 0 Å². The zero-order valence-corrected chi connectivity index (χ0v) is 17.7. The highest BCUT2D eigenvalue weighted by Gasteiger charge is 2.41. The summed E-state index contributed by atoms with van der Waals surface area (Å²) in [6, 6.07) is 7.52. The molecule has 15 heteroatoms. The number of ether oxygens (including phenoxy) is 1. The van der Waals surface area contributed by atoms with Crippen LogP contribution in [0.2, 0.25) is 0 Å². The lowest BCUT2D eigenvalue weighted by atomic mass is 10.2. The maximum atomic E-state index is 12.8. The molecule has 1 aliphatic rings. The largest absolute Gasteiger partial charge is 0.464 e. The second kappa shape index (κ2) is 8.54. The second-order valence-corrected chi connectivity index (χ2v) is 9.03. The molecule has 1 aliphatic heterocycles. The molecule has 2 aromatic carbocycles. The van der Waals surface area contributed by atoms with Gasteiger partial charge in [0.15, 0.2) is 5.71 Å². The minimum atomic E-state index is -4.45. The highest BCUT2D eigenvalue weighted by Crippen LogP contribution is 2.25. The second-order valence-electron chi connectivity index (χ2n) is 6.18. The highest BCUT2D eigenvalue weighted by molar-refractivity contribution is 7.86. The van der Waals surface area contributed by atoms with Gasteiger partial charge in [0, 0.05) is 0 Å². The van der Waals surface area contributed by atoms with Crippen LogP contribution < -0.4 is 5.01 Å². The minimum absolute atomic E-state index is 0.0824. The number of carbonyl (C=O) groups excluding carboxylic acids is 2. The quantitative estimate of drug-likeness (QED) is 0.346. The molecule has 0 aliphatic carbocycles. The molecule has 0 saturated heterocycles. The Kier molecular flexibility index (Phi) is 6.18. The van der Waals surface area contributed by atoms with Gasteiger partial charge in [-0.2, -0.15) is 37.2 Å². The first-order chi connectivity index (χ1) is 14.9. The van der Waals surface area contributed by atoms with Crippen LogP contribution in [0.4, 0.5) is 11.4 Å². The van der Waals surface area contributed by atoms with Gasteiger partial charge in [0.2, 0.25) is 6.04 Å². The van der Waals surface area contributed by atoms with Gasteiger partial charge in [0.05, 0.1) is 28.3 Å². The molecule has 0 aromatic heterocycles. The highest BCUT2D eigenvalue weighted by atomic mass is 32.2. The van der Waals surface area contributed by atoms with Crippen LogP contribution in [0.25, 0.3) is 0 Å². The summed E-state index contributed by atoms with van der Waals surface area (Å²) in [5.41, 5.74) is -0.195. The average molecular weight is 482 g/mol. The van der Waals surface area contributed by atoms with E-state index < -0.39 is 48.8 Å². The number of amides is 1. The lowest BCUT2D eigenvalue weighted by Crippen LogP contribution is -2.33. The van der Waals surface area contributed by atoms with E-state index in [1.807, 2.05) is 0 Å². The molecule has 32 heavy (non-hydrogen) atoms. The molecule has 0 spiro atoms. The molecule has 3 rings (SSSR count). The van der Waals surface area contributed by atoms with E-state index in [1.165, 1.54) is 24.3 Å². The fourth-order valence-corrected chi connectivity index (χ4v) is 3.52. The molecule has 1 unspecified atom stereocenters. The lowest BCUT2D eigenvalue weighted by Gasteiger charge is -2.12. The van der Waals surface area contributed by atoms with Crippen molar-refractivity contribution >= 4 is 49.2 Å². The number of rotatable bonds is 6. The Hall–Kier alpha value is -3.53. The minimum Gasteiger partial charge on any atom is -0.464 e. The maximum Gasteiger partial charge on any atom is 0.357 e. The van der Waals surface area contributed by atoms with Gasteiger partial charge in [-0.15, -0.1) is 0 Å². The van der Waals surface area contributed by atoms with E-state index in [2.05, 4.69) is 20.1 Å². The number of anilines is 1. The standard InChI is InChI=1S/C17H14N4O9S2/c1-30-17(23)15-14(19-18-10-2-6-12(7-3-10)31(24,25)26)16(22)21(20-15)11-4-8-13(9-5-11)32(27,28)29/h2-9,14H,1H3,(H,24,25,26)(H,27,28,29). The SMILES string of the molecule is COC(=O)C1=NN(c2ccc(S(=O)(=O)O)cc2)C(=O)C1N=Nc1ccc(S(=O)(=O)O)cc1. The third-order valence-electron chi connectivity index (χ3n) is 4.11. The first-order valence-corrected chi connectivity index (χ1v) is 11.4. The van der Waals surface area contributed by atoms with Crippen LogP contribution >= 0.6 is 0 Å². The van der Waals surface area contributed by atoms with Crippen LogP contribution in [0.15, 0.2) is 73.7 Å². The lowest BCUT2D eigenvalue weighted by molar-refractivity contribution is -0.133. The van der Waals surface area contributed by atoms with E-state index in [0.717, 1.165) is 36.4 Å². The van der Waals surface area contributed by atoms with Crippen LogP contribution in [0.3, 0.4) is 0 Å². The zero-order valence-electron chi connectivity index (χ0n) is 16.1. The van der Waals surface area contributed by atoms with Crippen molar-refractivity contribution in [1.29, 1.82) is 0 Å². The Morgan fingerprint density at radius 2 is 1.47 bits per heavy atom. The van der Waals surface area contributed by atoms with Crippen molar-refractivity contribution in [2.75, 3.05) is 12.1 Å². The number of hydrogen-bond donors (Lipinski definition) is 2. The normalized spacial score (nSPS) is 17.0. The number of carbonyl (C=O) groups is 2. The predicted molar refractivity (Wildman–Crippen MR) is 108 cm³/mol. The fourth-order valence-electron chi connectivity index (χ4n) is 2.56. The third-order valence-corrected chi connectivity index (χ3v) is 5.84. The maximum absolute atomic E-state index is 12.8. The average Bonchev–Trinajstić information content (AvgIpc) is 3.07. The smallest absolute Gasteiger partial charge is 0.357 e. The molecule has 0 radical (unpaired) electrons. The Bertz CT molecular complexity index is 1330. The first kappa shape index (κ1) is 23.1. The number of esters is 1. The van der Waals surface area contributed by atoms with Gasteiger partial charge in [-0.3, -0.25) is 13.9 Å². The van der Waals surface area contributed by atoms with E-state index in [1.54, 1.807) is 0 Å². The number of azo groups is 1. The molecule has 0 fully saturated rings. The zero-order chi connectivity index (χ0) is 23.7. The summed E-state index contributed by atoms with van der Waals surface area (Å²) in [6.45, 7) is 0. The van der Waals surface area contributed by atoms with Crippen molar-refractivity contribution in [1.82, 2.24) is 0 Å². The summed E-state index contributed by atoms with van der Waals surface area (Å²) in [5, 5.41) is 12.3. The summed E-state index contributed by atoms with van der Waals surface area (Å²) < 4.78 is 67.2. The van der Waals surface area contributed by atoms with Gasteiger partial charge in [0.1, 0.15) is 0 Å². The van der Waals surface area contributed by atoms with Crippen molar-refractivity contribution in [3.8, 4) is 0 Å². The molecular weight excluding hydrogens is 468 g/mol. The summed E-state index contributed by atoms with van der Waals surface area (Å²) in [4.78, 5) is 24.1. The summed E-state index contributed by atoms with van der Waals surface area (Å²) in [5.74, 6) is -1.76. The summed E-state index contributed by atoms with van der Waals surface area (Å²) >= 11 is 0. The van der Waals surface area contributed by atoms with Crippen LogP contribution in [-0.2, 0) is 34.6 Å². The van der Waals surface area contributed by atoms with Crippen molar-refractivity contribution < 1.29 is 40.3 Å². The van der Waals surface area contributed by atoms with Crippen LogP contribution in [-0.4, -0.2) is 56.7 Å². The van der Waals surface area contributed by atoms with E-state index in [9.17, 15) is 26.4 Å². The molecule has 2 aromatic rings. The molecule has 1 heterocycles. The van der Waals surface area contributed by atoms with E-state index in [4.69, 9.17) is 9.11 Å². The van der Waals surface area contributed by atoms with E-state index in [0.29, 0.717) is 0 Å². The number of hydrazone groups is 1. The molecule has 0 saturated carbocycles. The molecule has 2 N–H and O–H groups in total. The number of methoxy groups -OCH3 is 1. The van der Waals surface area contributed by atoms with Crippen LogP contribution in [0.1, 0.15) is 0 Å². The summed E-state index contributed by atoms with van der Waals surface area (Å²) in [6.07, 6.45) is 0. The van der Waals surface area contributed by atoms with Crippen LogP contribution in [0.5, 0.6) is 0 Å². The molecule has 1 atom stereocenters. The first-order valence-electron chi connectivity index (χ1n) is 8.48. The van der Waals surface area contributed by atoms with E-state index in [-0.39, 0.29) is 16.3 Å². The van der Waals surface area contributed by atoms with Gasteiger partial charge in [-0.05, 0) is 48.5 Å². The van der Waals surface area contributed by atoms with Crippen molar-refractivity contribution in [2.24, 2.45) is 15.3 Å². The molecule has 0 bridgehead atoms. The van der Waals surface area contributed by atoms with Gasteiger partial charge in [-0.25, -0.2) is 4.79 Å². The number of nitrogens with zero attached hydrogens (tertiary/aromatic N) is 4. The van der Waals surface area contributed by atoms with Gasteiger partial charge in [0.25, 0.3) is 26.1 Å². The van der Waals surface area contributed by atoms with Gasteiger partial charge in [-0.1, -0.05) is 0 Å². The van der Waals surface area contributed by atoms with Crippen molar-refractivity contribution in [3.63, 3.8) is 0 Å². The van der Waals surface area contributed by atoms with Crippen molar-refractivity contribution in [2.45, 2.75) is 15.8 Å². The van der Waals surface area contributed by atoms with E-state index >= 15 is 0 Å². The molecule has 1 amide bonds. The fraction of sp³-hybridized carbons (Fsp3) is 0.118. The molecule has 168 valence electrons. The van der Waals surface area contributed by atoms with Gasteiger partial charge >= 0.3 is 5.97 Å². The third kappa shape index (κ3) is 4.86. The van der Waals surface area contributed by atoms with Crippen molar-refractivity contribution in [3.05, 3.63) is 48.5 Å². The number of benzene rings is 2. The molecule has 13 nitrogen and oxygen atoms in total. The van der Waals surface area contributed by atoms with Gasteiger partial charge < -0.3 is 4.74 Å². The predicted octanol–water partition coefficient (Wildman–Crippen LogP) is 1.21. The topological polar surface area (TPSA) is 192 Å². The number of hydrogen-bond acceptors (Lipinski definition) is 10. The Morgan fingerprint density at radius 1 is 0.969 bits per heavy atom. The summed E-state index contributed by atoms with van der Waals surface area (Å²) in [7, 11) is -7.78. The Balaban J connectivity index is 1.91. The monoisotopic (exact) mass is 482 g/mol. The Labute approximate surface area is 181 Å². The molecular formula is C17H14N4O9S2.